The number of aldehydes is 1. The van der Waals surface area contributed by atoms with Crippen molar-refractivity contribution in [2.24, 2.45) is 10.8 Å². The molecule has 0 aromatic heterocycles. The topological polar surface area (TPSA) is 90.3 Å². The average molecular weight is 279 g/mol. The second-order valence-corrected chi connectivity index (χ2v) is 6.56. The van der Waals surface area contributed by atoms with Gasteiger partial charge in [-0.05, 0) is 25.7 Å². The molecule has 1 fully saturated rings. The van der Waals surface area contributed by atoms with E-state index in [9.17, 15) is 14.4 Å². The molecule has 6 heteroatoms. The van der Waals surface area contributed by atoms with Crippen molar-refractivity contribution in [3.63, 3.8) is 0 Å². The molecule has 2 amide bonds. The standard InChI is InChI=1S/C14H21N3O3/c1-13(2)5-10(6-15)17(8-13)11(19)7-16-12(20)14(3,4)9-18/h9-10H,5,7-8H2,1-4H3,(H,16,20). The maximum Gasteiger partial charge on any atom is 0.243 e. The van der Waals surface area contributed by atoms with Gasteiger partial charge in [0.05, 0.1) is 18.0 Å². The first-order valence-electron chi connectivity index (χ1n) is 6.57. The lowest BCUT2D eigenvalue weighted by molar-refractivity contribution is -0.138. The summed E-state index contributed by atoms with van der Waals surface area (Å²) in [4.78, 5) is 36.1. The van der Waals surface area contributed by atoms with Gasteiger partial charge in [-0.2, -0.15) is 5.26 Å². The normalized spacial score (nSPS) is 21.1. The maximum absolute atomic E-state index is 12.1. The van der Waals surface area contributed by atoms with Crippen molar-refractivity contribution in [1.82, 2.24) is 10.2 Å². The van der Waals surface area contributed by atoms with E-state index in [1.807, 2.05) is 13.8 Å². The van der Waals surface area contributed by atoms with Crippen molar-refractivity contribution in [1.29, 1.82) is 5.26 Å². The van der Waals surface area contributed by atoms with Gasteiger partial charge in [0, 0.05) is 6.54 Å². The van der Waals surface area contributed by atoms with E-state index in [0.717, 1.165) is 0 Å². The molecule has 1 saturated heterocycles. The summed E-state index contributed by atoms with van der Waals surface area (Å²) in [6, 6.07) is 1.67. The number of likely N-dealkylation sites (tertiary alicyclic amines) is 1. The predicted octanol–water partition coefficient (Wildman–Crippen LogP) is 0.478. The minimum absolute atomic E-state index is 0.0951. The van der Waals surface area contributed by atoms with Crippen LogP contribution in [0.2, 0.25) is 0 Å². The molecule has 0 bridgehead atoms. The highest BCUT2D eigenvalue weighted by atomic mass is 16.2. The van der Waals surface area contributed by atoms with E-state index in [0.29, 0.717) is 19.3 Å². The highest BCUT2D eigenvalue weighted by Gasteiger charge is 2.40. The third-order valence-electron chi connectivity index (χ3n) is 3.47. The fourth-order valence-electron chi connectivity index (χ4n) is 2.19. The molecule has 1 aliphatic rings. The Morgan fingerprint density at radius 2 is 2.10 bits per heavy atom. The molecule has 0 aliphatic carbocycles. The summed E-state index contributed by atoms with van der Waals surface area (Å²) in [5.41, 5.74) is -1.25. The van der Waals surface area contributed by atoms with E-state index < -0.39 is 17.4 Å². The monoisotopic (exact) mass is 279 g/mol. The summed E-state index contributed by atoms with van der Waals surface area (Å²) in [5, 5.41) is 11.5. The quantitative estimate of drug-likeness (QED) is 0.598. The van der Waals surface area contributed by atoms with Crippen LogP contribution in [0.15, 0.2) is 0 Å². The van der Waals surface area contributed by atoms with Gasteiger partial charge in [0.2, 0.25) is 11.8 Å². The lowest BCUT2D eigenvalue weighted by atomic mass is 9.91. The highest BCUT2D eigenvalue weighted by molar-refractivity contribution is 5.97. The number of rotatable bonds is 4. The zero-order valence-electron chi connectivity index (χ0n) is 12.4. The third kappa shape index (κ3) is 3.56. The van der Waals surface area contributed by atoms with E-state index >= 15 is 0 Å². The lowest BCUT2D eigenvalue weighted by Gasteiger charge is -2.22. The van der Waals surface area contributed by atoms with Crippen molar-refractivity contribution in [2.45, 2.75) is 40.2 Å². The van der Waals surface area contributed by atoms with Gasteiger partial charge in [-0.25, -0.2) is 0 Å². The van der Waals surface area contributed by atoms with Gasteiger partial charge < -0.3 is 15.0 Å². The summed E-state index contributed by atoms with van der Waals surface area (Å²) in [5.74, 6) is -0.787. The minimum Gasteiger partial charge on any atom is -0.346 e. The first kappa shape index (κ1) is 16.2. The largest absolute Gasteiger partial charge is 0.346 e. The van der Waals surface area contributed by atoms with Crippen LogP contribution in [-0.2, 0) is 14.4 Å². The van der Waals surface area contributed by atoms with Crippen LogP contribution in [0.25, 0.3) is 0 Å². The fourth-order valence-corrected chi connectivity index (χ4v) is 2.19. The number of carbonyl (C=O) groups is 3. The van der Waals surface area contributed by atoms with Gasteiger partial charge in [0.15, 0.2) is 0 Å². The molecule has 0 radical (unpaired) electrons. The first-order valence-corrected chi connectivity index (χ1v) is 6.57. The zero-order valence-corrected chi connectivity index (χ0v) is 12.4. The van der Waals surface area contributed by atoms with Crippen LogP contribution in [0, 0.1) is 22.2 Å². The molecule has 1 unspecified atom stereocenters. The van der Waals surface area contributed by atoms with Gasteiger partial charge in [-0.15, -0.1) is 0 Å². The Morgan fingerprint density at radius 1 is 1.50 bits per heavy atom. The molecule has 1 heterocycles. The molecule has 110 valence electrons. The smallest absolute Gasteiger partial charge is 0.243 e. The summed E-state index contributed by atoms with van der Waals surface area (Å²) in [6.45, 7) is 7.27. The van der Waals surface area contributed by atoms with E-state index in [-0.39, 0.29) is 17.9 Å². The molecule has 20 heavy (non-hydrogen) atoms. The molecule has 1 rings (SSSR count). The van der Waals surface area contributed by atoms with Crippen LogP contribution in [0.5, 0.6) is 0 Å². The van der Waals surface area contributed by atoms with Crippen LogP contribution in [0.3, 0.4) is 0 Å². The van der Waals surface area contributed by atoms with Crippen LogP contribution in [0.4, 0.5) is 0 Å². The van der Waals surface area contributed by atoms with E-state index in [1.54, 1.807) is 0 Å². The van der Waals surface area contributed by atoms with Crippen molar-refractivity contribution in [3.8, 4) is 6.07 Å². The second kappa shape index (κ2) is 5.61. The average Bonchev–Trinajstić information content (AvgIpc) is 2.70. The van der Waals surface area contributed by atoms with Crippen molar-refractivity contribution in [3.05, 3.63) is 0 Å². The van der Waals surface area contributed by atoms with E-state index in [2.05, 4.69) is 11.4 Å². The van der Waals surface area contributed by atoms with Gasteiger partial charge in [0.1, 0.15) is 12.3 Å². The third-order valence-corrected chi connectivity index (χ3v) is 3.47. The molecule has 0 aromatic carbocycles. The Labute approximate surface area is 119 Å². The van der Waals surface area contributed by atoms with Gasteiger partial charge >= 0.3 is 0 Å². The molecular weight excluding hydrogens is 258 g/mol. The summed E-state index contributed by atoms with van der Waals surface area (Å²) in [7, 11) is 0. The molecule has 0 saturated carbocycles. The number of carbonyl (C=O) groups excluding carboxylic acids is 3. The molecular formula is C14H21N3O3. The number of nitrogens with one attached hydrogen (secondary N) is 1. The Kier molecular flexibility index (Phi) is 4.53. The molecule has 1 atom stereocenters. The number of nitriles is 1. The minimum atomic E-state index is -1.15. The molecule has 0 spiro atoms. The van der Waals surface area contributed by atoms with E-state index in [4.69, 9.17) is 5.26 Å². The Bertz CT molecular complexity index is 463. The Balaban J connectivity index is 2.62. The number of hydrogen-bond donors (Lipinski definition) is 1. The molecule has 6 nitrogen and oxygen atoms in total. The first-order chi connectivity index (χ1) is 9.13. The summed E-state index contributed by atoms with van der Waals surface area (Å²) < 4.78 is 0. The van der Waals surface area contributed by atoms with Crippen LogP contribution in [-0.4, -0.2) is 42.1 Å². The Morgan fingerprint density at radius 3 is 2.60 bits per heavy atom. The zero-order chi connectivity index (χ0) is 15.6. The number of hydrogen-bond acceptors (Lipinski definition) is 4. The fraction of sp³-hybridized carbons (Fsp3) is 0.714. The van der Waals surface area contributed by atoms with Crippen LogP contribution < -0.4 is 5.32 Å². The van der Waals surface area contributed by atoms with Gasteiger partial charge in [-0.3, -0.25) is 9.59 Å². The van der Waals surface area contributed by atoms with Crippen molar-refractivity contribution >= 4 is 18.1 Å². The van der Waals surface area contributed by atoms with Crippen LogP contribution in [0.1, 0.15) is 34.1 Å². The SMILES string of the molecule is CC1(C)CC(C#N)N(C(=O)CNC(=O)C(C)(C)C=O)C1. The van der Waals surface area contributed by atoms with Crippen molar-refractivity contribution in [2.75, 3.05) is 13.1 Å². The molecule has 0 aromatic rings. The summed E-state index contributed by atoms with van der Waals surface area (Å²) in [6.07, 6.45) is 1.17. The maximum atomic E-state index is 12.1. The number of amides is 2. The second-order valence-electron chi connectivity index (χ2n) is 6.56. The molecule has 1 N–H and O–H groups in total. The van der Waals surface area contributed by atoms with Gasteiger partial charge in [-0.1, -0.05) is 13.8 Å². The van der Waals surface area contributed by atoms with E-state index in [1.165, 1.54) is 18.7 Å². The lowest BCUT2D eigenvalue weighted by Crippen LogP contribution is -2.46. The molecule has 1 aliphatic heterocycles. The van der Waals surface area contributed by atoms with Gasteiger partial charge in [0.25, 0.3) is 0 Å². The van der Waals surface area contributed by atoms with Crippen LogP contribution >= 0.6 is 0 Å². The Hall–Kier alpha value is -1.90. The highest BCUT2D eigenvalue weighted by Crippen LogP contribution is 2.33. The summed E-state index contributed by atoms with van der Waals surface area (Å²) >= 11 is 0. The van der Waals surface area contributed by atoms with Crippen molar-refractivity contribution < 1.29 is 14.4 Å². The predicted molar refractivity (Wildman–Crippen MR) is 72.4 cm³/mol. The number of nitrogens with zero attached hydrogens (tertiary/aromatic N) is 2.